The first-order chi connectivity index (χ1) is 11.1. The van der Waals surface area contributed by atoms with Gasteiger partial charge >= 0.3 is 0 Å². The Morgan fingerprint density at radius 1 is 1.13 bits per heavy atom. The van der Waals surface area contributed by atoms with Gasteiger partial charge in [-0.3, -0.25) is 0 Å². The molecule has 0 bridgehead atoms. The number of rotatable bonds is 6. The molecule has 0 fully saturated rings. The van der Waals surface area contributed by atoms with Gasteiger partial charge in [-0.25, -0.2) is 0 Å². The van der Waals surface area contributed by atoms with Crippen molar-refractivity contribution in [2.75, 3.05) is 19.0 Å². The molecule has 0 aromatic heterocycles. The highest BCUT2D eigenvalue weighted by molar-refractivity contribution is 7.80. The Morgan fingerprint density at radius 3 is 2.48 bits per heavy atom. The molecular formula is C18H22N2O2S. The van der Waals surface area contributed by atoms with E-state index in [0.717, 1.165) is 22.7 Å². The van der Waals surface area contributed by atoms with Gasteiger partial charge in [0.05, 0.1) is 25.4 Å². The molecule has 122 valence electrons. The van der Waals surface area contributed by atoms with Crippen LogP contribution in [-0.4, -0.2) is 18.8 Å². The molecule has 0 amide bonds. The maximum Gasteiger partial charge on any atom is 0.171 e. The second-order valence-electron chi connectivity index (χ2n) is 5.02. The van der Waals surface area contributed by atoms with Crippen molar-refractivity contribution in [3.05, 3.63) is 54.1 Å². The van der Waals surface area contributed by atoms with E-state index in [0.29, 0.717) is 11.7 Å². The molecule has 5 heteroatoms. The molecule has 2 rings (SSSR count). The second kappa shape index (κ2) is 8.39. The molecular weight excluding hydrogens is 308 g/mol. The average Bonchev–Trinajstić information content (AvgIpc) is 2.56. The molecule has 0 aliphatic heterocycles. The molecule has 4 nitrogen and oxygen atoms in total. The van der Waals surface area contributed by atoms with Crippen LogP contribution in [0.3, 0.4) is 0 Å². The largest absolute Gasteiger partial charge is 0.495 e. The van der Waals surface area contributed by atoms with Gasteiger partial charge in [0.2, 0.25) is 0 Å². The van der Waals surface area contributed by atoms with Gasteiger partial charge < -0.3 is 20.1 Å². The van der Waals surface area contributed by atoms with Gasteiger partial charge in [0.25, 0.3) is 0 Å². The van der Waals surface area contributed by atoms with Gasteiger partial charge in [-0.1, -0.05) is 24.3 Å². The summed E-state index contributed by atoms with van der Waals surface area (Å²) < 4.78 is 10.8. The van der Waals surface area contributed by atoms with Crippen LogP contribution in [-0.2, 0) is 0 Å². The Morgan fingerprint density at radius 2 is 1.83 bits per heavy atom. The van der Waals surface area contributed by atoms with E-state index in [9.17, 15) is 0 Å². The summed E-state index contributed by atoms with van der Waals surface area (Å²) in [6.45, 7) is 4.70. The van der Waals surface area contributed by atoms with E-state index in [1.165, 1.54) is 0 Å². The highest BCUT2D eigenvalue weighted by Gasteiger charge is 2.09. The SMILES string of the molecule is CCOc1ccc(C(C)NC(=S)Nc2ccccc2OC)cc1. The van der Waals surface area contributed by atoms with Crippen LogP contribution in [0.4, 0.5) is 5.69 Å². The van der Waals surface area contributed by atoms with Crippen LogP contribution in [0, 0.1) is 0 Å². The Balaban J connectivity index is 1.96. The lowest BCUT2D eigenvalue weighted by atomic mass is 10.1. The molecule has 0 aliphatic carbocycles. The van der Waals surface area contributed by atoms with Crippen molar-refractivity contribution in [2.24, 2.45) is 0 Å². The Bertz CT molecular complexity index is 644. The van der Waals surface area contributed by atoms with E-state index in [4.69, 9.17) is 21.7 Å². The lowest BCUT2D eigenvalue weighted by molar-refractivity contribution is 0.340. The molecule has 2 aromatic carbocycles. The lowest BCUT2D eigenvalue weighted by Crippen LogP contribution is -2.31. The van der Waals surface area contributed by atoms with Gasteiger partial charge in [-0.2, -0.15) is 0 Å². The predicted molar refractivity (Wildman–Crippen MR) is 98.4 cm³/mol. The first-order valence-electron chi connectivity index (χ1n) is 7.57. The molecule has 0 radical (unpaired) electrons. The van der Waals surface area contributed by atoms with Crippen molar-refractivity contribution in [3.63, 3.8) is 0 Å². The van der Waals surface area contributed by atoms with Crippen LogP contribution in [0.1, 0.15) is 25.5 Å². The fourth-order valence-corrected chi connectivity index (χ4v) is 2.49. The standard InChI is InChI=1S/C18H22N2O2S/c1-4-22-15-11-9-14(10-12-15)13(2)19-18(23)20-16-7-5-6-8-17(16)21-3/h5-13H,4H2,1-3H3,(H2,19,20,23). The van der Waals surface area contributed by atoms with Crippen molar-refractivity contribution in [2.45, 2.75) is 19.9 Å². The van der Waals surface area contributed by atoms with Crippen LogP contribution in [0.5, 0.6) is 11.5 Å². The summed E-state index contributed by atoms with van der Waals surface area (Å²) in [4.78, 5) is 0. The summed E-state index contributed by atoms with van der Waals surface area (Å²) in [7, 11) is 1.64. The summed E-state index contributed by atoms with van der Waals surface area (Å²) in [5, 5.41) is 6.99. The van der Waals surface area contributed by atoms with Gasteiger partial charge in [-0.15, -0.1) is 0 Å². The fourth-order valence-electron chi connectivity index (χ4n) is 2.21. The van der Waals surface area contributed by atoms with Crippen molar-refractivity contribution < 1.29 is 9.47 Å². The number of benzene rings is 2. The molecule has 0 aliphatic rings. The first kappa shape index (κ1) is 17.1. The number of hydrogen-bond donors (Lipinski definition) is 2. The van der Waals surface area contributed by atoms with Crippen LogP contribution < -0.4 is 20.1 Å². The van der Waals surface area contributed by atoms with E-state index in [1.54, 1.807) is 7.11 Å². The van der Waals surface area contributed by atoms with E-state index in [2.05, 4.69) is 17.6 Å². The van der Waals surface area contributed by atoms with Crippen molar-refractivity contribution in [3.8, 4) is 11.5 Å². The third-order valence-corrected chi connectivity index (χ3v) is 3.61. The number of ether oxygens (including phenoxy) is 2. The maximum absolute atomic E-state index is 5.45. The minimum Gasteiger partial charge on any atom is -0.495 e. The normalized spacial score (nSPS) is 11.4. The van der Waals surface area contributed by atoms with E-state index < -0.39 is 0 Å². The molecule has 0 spiro atoms. The summed E-state index contributed by atoms with van der Waals surface area (Å²) >= 11 is 5.38. The number of thiocarbonyl (C=S) groups is 1. The minimum absolute atomic E-state index is 0.0837. The molecule has 0 saturated carbocycles. The van der Waals surface area contributed by atoms with Gasteiger partial charge in [0.15, 0.2) is 5.11 Å². The molecule has 2 N–H and O–H groups in total. The lowest BCUT2D eigenvalue weighted by Gasteiger charge is -2.18. The monoisotopic (exact) mass is 330 g/mol. The Labute approximate surface area is 142 Å². The molecule has 23 heavy (non-hydrogen) atoms. The van der Waals surface area contributed by atoms with Crippen LogP contribution >= 0.6 is 12.2 Å². The Kier molecular flexibility index (Phi) is 6.23. The Hall–Kier alpha value is -2.27. The smallest absolute Gasteiger partial charge is 0.171 e. The van der Waals surface area contributed by atoms with E-state index >= 15 is 0 Å². The number of para-hydroxylation sites is 2. The molecule has 1 unspecified atom stereocenters. The van der Waals surface area contributed by atoms with Crippen molar-refractivity contribution in [1.29, 1.82) is 0 Å². The van der Waals surface area contributed by atoms with Crippen molar-refractivity contribution >= 4 is 23.0 Å². The van der Waals surface area contributed by atoms with Crippen molar-refractivity contribution in [1.82, 2.24) is 5.32 Å². The topological polar surface area (TPSA) is 42.5 Å². The average molecular weight is 330 g/mol. The molecule has 1 atom stereocenters. The minimum atomic E-state index is 0.0837. The molecule has 0 saturated heterocycles. The number of methoxy groups -OCH3 is 1. The van der Waals surface area contributed by atoms with Gasteiger partial charge in [0, 0.05) is 0 Å². The quantitative estimate of drug-likeness (QED) is 0.779. The molecule has 2 aromatic rings. The summed E-state index contributed by atoms with van der Waals surface area (Å²) in [6.07, 6.45) is 0. The first-order valence-corrected chi connectivity index (χ1v) is 7.98. The van der Waals surface area contributed by atoms with Crippen LogP contribution in [0.2, 0.25) is 0 Å². The van der Waals surface area contributed by atoms with Gasteiger partial charge in [-0.05, 0) is 55.9 Å². The zero-order chi connectivity index (χ0) is 16.7. The summed E-state index contributed by atoms with van der Waals surface area (Å²) in [5.74, 6) is 1.63. The zero-order valence-corrected chi connectivity index (χ0v) is 14.4. The fraction of sp³-hybridized carbons (Fsp3) is 0.278. The third-order valence-electron chi connectivity index (χ3n) is 3.39. The number of nitrogens with one attached hydrogen (secondary N) is 2. The summed E-state index contributed by atoms with van der Waals surface area (Å²) in [6, 6.07) is 15.8. The number of anilines is 1. The van der Waals surface area contributed by atoms with Crippen LogP contribution in [0.15, 0.2) is 48.5 Å². The number of hydrogen-bond acceptors (Lipinski definition) is 3. The highest BCUT2D eigenvalue weighted by atomic mass is 32.1. The van der Waals surface area contributed by atoms with Crippen LogP contribution in [0.25, 0.3) is 0 Å². The molecule has 0 heterocycles. The second-order valence-corrected chi connectivity index (χ2v) is 5.43. The van der Waals surface area contributed by atoms with E-state index in [1.807, 2.05) is 55.5 Å². The maximum atomic E-state index is 5.45. The third kappa shape index (κ3) is 4.86. The highest BCUT2D eigenvalue weighted by Crippen LogP contribution is 2.23. The van der Waals surface area contributed by atoms with Gasteiger partial charge in [0.1, 0.15) is 11.5 Å². The van der Waals surface area contributed by atoms with E-state index in [-0.39, 0.29) is 6.04 Å². The predicted octanol–water partition coefficient (Wildman–Crippen LogP) is 4.14. The summed E-state index contributed by atoms with van der Waals surface area (Å²) in [5.41, 5.74) is 1.98. The zero-order valence-electron chi connectivity index (χ0n) is 13.6.